The van der Waals surface area contributed by atoms with Crippen LogP contribution in [0.3, 0.4) is 0 Å². The molecule has 0 spiro atoms. The van der Waals surface area contributed by atoms with Gasteiger partial charge < -0.3 is 10.5 Å². The van der Waals surface area contributed by atoms with Crippen LogP contribution in [-0.2, 0) is 0 Å². The second-order valence-electron chi connectivity index (χ2n) is 4.14. The SMILES string of the molecule is CCCCOc1ccc2ncc(C(N)=O)cc2c1. The molecule has 0 radical (unpaired) electrons. The van der Waals surface area contributed by atoms with Crippen LogP contribution in [0.1, 0.15) is 30.1 Å². The quantitative estimate of drug-likeness (QED) is 0.822. The molecule has 1 aromatic carbocycles. The molecule has 1 heterocycles. The minimum Gasteiger partial charge on any atom is -0.494 e. The predicted octanol–water partition coefficient (Wildman–Crippen LogP) is 2.51. The molecule has 4 heteroatoms. The number of pyridine rings is 1. The lowest BCUT2D eigenvalue weighted by atomic mass is 10.1. The van der Waals surface area contributed by atoms with E-state index in [-0.39, 0.29) is 0 Å². The highest BCUT2D eigenvalue weighted by Crippen LogP contribution is 2.20. The molecule has 94 valence electrons. The Bertz CT molecular complexity index is 567. The van der Waals surface area contributed by atoms with Gasteiger partial charge in [-0.05, 0) is 30.7 Å². The van der Waals surface area contributed by atoms with Crippen molar-refractivity contribution in [1.29, 1.82) is 0 Å². The zero-order valence-corrected chi connectivity index (χ0v) is 10.3. The van der Waals surface area contributed by atoms with Gasteiger partial charge in [-0.15, -0.1) is 0 Å². The molecule has 0 aliphatic heterocycles. The van der Waals surface area contributed by atoms with E-state index in [0.29, 0.717) is 12.2 Å². The molecule has 0 aliphatic rings. The number of carbonyl (C=O) groups excluding carboxylic acids is 1. The zero-order valence-electron chi connectivity index (χ0n) is 10.3. The van der Waals surface area contributed by atoms with Gasteiger partial charge in [0, 0.05) is 11.6 Å². The van der Waals surface area contributed by atoms with Crippen molar-refractivity contribution in [2.24, 2.45) is 5.73 Å². The molecule has 0 saturated carbocycles. The highest BCUT2D eigenvalue weighted by molar-refractivity contribution is 5.96. The van der Waals surface area contributed by atoms with E-state index < -0.39 is 5.91 Å². The number of ether oxygens (including phenoxy) is 1. The summed E-state index contributed by atoms with van der Waals surface area (Å²) in [7, 11) is 0. The number of unbranched alkanes of at least 4 members (excludes halogenated alkanes) is 1. The van der Waals surface area contributed by atoms with Crippen LogP contribution in [0.4, 0.5) is 0 Å². The average Bonchev–Trinajstić information content (AvgIpc) is 2.38. The first kappa shape index (κ1) is 12.4. The molecule has 4 nitrogen and oxygen atoms in total. The molecule has 2 N–H and O–H groups in total. The maximum atomic E-state index is 11.1. The van der Waals surface area contributed by atoms with Crippen molar-refractivity contribution in [3.05, 3.63) is 36.0 Å². The Morgan fingerprint density at radius 3 is 2.94 bits per heavy atom. The van der Waals surface area contributed by atoms with Crippen molar-refractivity contribution in [2.75, 3.05) is 6.61 Å². The molecule has 1 aromatic heterocycles. The Kier molecular flexibility index (Phi) is 3.77. The van der Waals surface area contributed by atoms with Gasteiger partial charge in [-0.3, -0.25) is 9.78 Å². The van der Waals surface area contributed by atoms with Gasteiger partial charge in [-0.25, -0.2) is 0 Å². The van der Waals surface area contributed by atoms with Gasteiger partial charge in [0.2, 0.25) is 5.91 Å². The number of fused-ring (bicyclic) bond motifs is 1. The fraction of sp³-hybridized carbons (Fsp3) is 0.286. The number of nitrogens with two attached hydrogens (primary N) is 1. The molecule has 0 fully saturated rings. The van der Waals surface area contributed by atoms with Crippen molar-refractivity contribution in [2.45, 2.75) is 19.8 Å². The second-order valence-corrected chi connectivity index (χ2v) is 4.14. The van der Waals surface area contributed by atoms with E-state index in [1.165, 1.54) is 6.20 Å². The summed E-state index contributed by atoms with van der Waals surface area (Å²) in [4.78, 5) is 15.3. The Morgan fingerprint density at radius 2 is 2.22 bits per heavy atom. The van der Waals surface area contributed by atoms with Gasteiger partial charge >= 0.3 is 0 Å². The van der Waals surface area contributed by atoms with Gasteiger partial charge in [-0.2, -0.15) is 0 Å². The lowest BCUT2D eigenvalue weighted by Crippen LogP contribution is -2.11. The summed E-state index contributed by atoms with van der Waals surface area (Å²) < 4.78 is 5.61. The van der Waals surface area contributed by atoms with Crippen molar-refractivity contribution in [3.63, 3.8) is 0 Å². The van der Waals surface area contributed by atoms with E-state index in [0.717, 1.165) is 29.5 Å². The van der Waals surface area contributed by atoms with Crippen LogP contribution in [0.5, 0.6) is 5.75 Å². The number of rotatable bonds is 5. The lowest BCUT2D eigenvalue weighted by Gasteiger charge is -2.06. The number of aromatic nitrogens is 1. The standard InChI is InChI=1S/C14H16N2O2/c1-2-3-6-18-12-4-5-13-10(8-12)7-11(9-16-13)14(15)17/h4-5,7-9H,2-3,6H2,1H3,(H2,15,17). The fourth-order valence-corrected chi connectivity index (χ4v) is 1.67. The van der Waals surface area contributed by atoms with Gasteiger partial charge in [0.05, 0.1) is 17.7 Å². The van der Waals surface area contributed by atoms with E-state index in [1.807, 2.05) is 18.2 Å². The van der Waals surface area contributed by atoms with E-state index >= 15 is 0 Å². The van der Waals surface area contributed by atoms with Gasteiger partial charge in [0.1, 0.15) is 5.75 Å². The third-order valence-corrected chi connectivity index (χ3v) is 2.70. The van der Waals surface area contributed by atoms with Crippen LogP contribution < -0.4 is 10.5 Å². The maximum absolute atomic E-state index is 11.1. The maximum Gasteiger partial charge on any atom is 0.250 e. The Balaban J connectivity index is 2.27. The number of benzene rings is 1. The number of nitrogens with zero attached hydrogens (tertiary/aromatic N) is 1. The first-order chi connectivity index (χ1) is 8.70. The van der Waals surface area contributed by atoms with Crippen molar-refractivity contribution in [3.8, 4) is 5.75 Å². The molecular weight excluding hydrogens is 228 g/mol. The molecule has 0 bridgehead atoms. The van der Waals surface area contributed by atoms with E-state index in [2.05, 4.69) is 11.9 Å². The molecule has 0 unspecified atom stereocenters. The summed E-state index contributed by atoms with van der Waals surface area (Å²) >= 11 is 0. The first-order valence-corrected chi connectivity index (χ1v) is 6.03. The third kappa shape index (κ3) is 2.77. The molecule has 1 amide bonds. The van der Waals surface area contributed by atoms with E-state index in [1.54, 1.807) is 6.07 Å². The van der Waals surface area contributed by atoms with Crippen molar-refractivity contribution < 1.29 is 9.53 Å². The van der Waals surface area contributed by atoms with E-state index in [4.69, 9.17) is 10.5 Å². The molecule has 0 saturated heterocycles. The van der Waals surface area contributed by atoms with Gasteiger partial charge in [-0.1, -0.05) is 13.3 Å². The second kappa shape index (κ2) is 5.49. The van der Waals surface area contributed by atoms with Crippen LogP contribution in [0.2, 0.25) is 0 Å². The van der Waals surface area contributed by atoms with Crippen LogP contribution in [-0.4, -0.2) is 17.5 Å². The number of hydrogen-bond donors (Lipinski definition) is 1. The number of hydrogen-bond acceptors (Lipinski definition) is 3. The lowest BCUT2D eigenvalue weighted by molar-refractivity contribution is 0.1000. The topological polar surface area (TPSA) is 65.2 Å². The summed E-state index contributed by atoms with van der Waals surface area (Å²) in [5.41, 5.74) is 6.46. The highest BCUT2D eigenvalue weighted by Gasteiger charge is 2.04. The Hall–Kier alpha value is -2.10. The van der Waals surface area contributed by atoms with Crippen LogP contribution in [0.15, 0.2) is 30.5 Å². The largest absolute Gasteiger partial charge is 0.494 e. The van der Waals surface area contributed by atoms with Crippen LogP contribution in [0, 0.1) is 0 Å². The highest BCUT2D eigenvalue weighted by atomic mass is 16.5. The third-order valence-electron chi connectivity index (χ3n) is 2.70. The van der Waals surface area contributed by atoms with Gasteiger partial charge in [0.15, 0.2) is 0 Å². The normalized spacial score (nSPS) is 10.5. The summed E-state index contributed by atoms with van der Waals surface area (Å²) in [6.07, 6.45) is 3.61. The van der Waals surface area contributed by atoms with E-state index in [9.17, 15) is 4.79 Å². The number of carbonyl (C=O) groups is 1. The van der Waals surface area contributed by atoms with Crippen LogP contribution >= 0.6 is 0 Å². The predicted molar refractivity (Wildman–Crippen MR) is 70.7 cm³/mol. The average molecular weight is 244 g/mol. The smallest absolute Gasteiger partial charge is 0.250 e. The van der Waals surface area contributed by atoms with Crippen LogP contribution in [0.25, 0.3) is 10.9 Å². The minimum absolute atomic E-state index is 0.410. The summed E-state index contributed by atoms with van der Waals surface area (Å²) in [5.74, 6) is 0.320. The summed E-state index contributed by atoms with van der Waals surface area (Å²) in [6.45, 7) is 2.82. The monoisotopic (exact) mass is 244 g/mol. The Morgan fingerprint density at radius 1 is 1.39 bits per heavy atom. The molecule has 0 atom stereocenters. The Labute approximate surface area is 106 Å². The molecule has 2 rings (SSSR count). The minimum atomic E-state index is -0.471. The fourth-order valence-electron chi connectivity index (χ4n) is 1.67. The van der Waals surface area contributed by atoms with Crippen molar-refractivity contribution in [1.82, 2.24) is 4.98 Å². The summed E-state index contributed by atoms with van der Waals surface area (Å²) in [6, 6.07) is 7.37. The molecule has 2 aromatic rings. The molecule has 18 heavy (non-hydrogen) atoms. The van der Waals surface area contributed by atoms with Crippen molar-refractivity contribution >= 4 is 16.8 Å². The number of amides is 1. The molecule has 0 aliphatic carbocycles. The number of primary amides is 1. The summed E-state index contributed by atoms with van der Waals surface area (Å²) in [5, 5.41) is 0.861. The van der Waals surface area contributed by atoms with Gasteiger partial charge in [0.25, 0.3) is 0 Å². The first-order valence-electron chi connectivity index (χ1n) is 6.03. The molecular formula is C14H16N2O2. The zero-order chi connectivity index (χ0) is 13.0.